The predicted molar refractivity (Wildman–Crippen MR) is 114 cm³/mol. The van der Waals surface area contributed by atoms with Crippen LogP contribution in [-0.4, -0.2) is 65.0 Å². The second kappa shape index (κ2) is 11.1. The summed E-state index contributed by atoms with van der Waals surface area (Å²) in [6.07, 6.45) is 1.76. The highest BCUT2D eigenvalue weighted by Gasteiger charge is 2.39. The zero-order valence-corrected chi connectivity index (χ0v) is 18.0. The normalized spacial score (nSPS) is 19.3. The summed E-state index contributed by atoms with van der Waals surface area (Å²) in [5.74, 6) is -1.10. The zero-order valence-electron chi connectivity index (χ0n) is 18.0. The van der Waals surface area contributed by atoms with Gasteiger partial charge >= 0.3 is 0 Å². The summed E-state index contributed by atoms with van der Waals surface area (Å²) in [6, 6.07) is 7.09. The minimum atomic E-state index is -0.741. The van der Waals surface area contributed by atoms with Gasteiger partial charge in [0.2, 0.25) is 17.7 Å². The molecule has 1 aliphatic rings. The van der Waals surface area contributed by atoms with Gasteiger partial charge in [-0.2, -0.15) is 0 Å². The minimum Gasteiger partial charge on any atom is -0.394 e. The number of aliphatic hydroxyl groups is 1. The van der Waals surface area contributed by atoms with Gasteiger partial charge in [-0.05, 0) is 37.7 Å². The van der Waals surface area contributed by atoms with E-state index in [4.69, 9.17) is 5.73 Å². The fourth-order valence-corrected chi connectivity index (χ4v) is 3.64. The highest BCUT2D eigenvalue weighted by molar-refractivity contribution is 5.93. The second-order valence-electron chi connectivity index (χ2n) is 8.29. The van der Waals surface area contributed by atoms with Gasteiger partial charge < -0.3 is 26.4 Å². The lowest BCUT2D eigenvalue weighted by Gasteiger charge is -2.31. The van der Waals surface area contributed by atoms with Crippen molar-refractivity contribution in [3.8, 4) is 0 Å². The molecule has 1 saturated heterocycles. The average molecular weight is 419 g/mol. The quantitative estimate of drug-likeness (QED) is 0.456. The lowest BCUT2D eigenvalue weighted by molar-refractivity contribution is -0.142. The smallest absolute Gasteiger partial charge is 0.246 e. The van der Waals surface area contributed by atoms with E-state index < -0.39 is 30.1 Å². The molecule has 0 aliphatic carbocycles. The molecule has 1 aromatic rings. The van der Waals surface area contributed by atoms with Gasteiger partial charge in [-0.25, -0.2) is 0 Å². The number of carbonyl (C=O) groups is 3. The maximum Gasteiger partial charge on any atom is 0.246 e. The molecule has 0 spiro atoms. The van der Waals surface area contributed by atoms with Gasteiger partial charge in [0.25, 0.3) is 0 Å². The Hall–Kier alpha value is -2.45. The van der Waals surface area contributed by atoms with E-state index in [1.54, 1.807) is 11.8 Å². The van der Waals surface area contributed by atoms with Crippen molar-refractivity contribution in [1.82, 2.24) is 15.5 Å². The van der Waals surface area contributed by atoms with E-state index in [0.29, 0.717) is 25.8 Å². The summed E-state index contributed by atoms with van der Waals surface area (Å²) in [5.41, 5.74) is 6.63. The molecule has 30 heavy (non-hydrogen) atoms. The van der Waals surface area contributed by atoms with Crippen LogP contribution < -0.4 is 16.4 Å². The number of rotatable bonds is 9. The number of nitrogens with zero attached hydrogens (tertiary/aromatic N) is 1. The van der Waals surface area contributed by atoms with E-state index in [9.17, 15) is 19.5 Å². The number of amides is 3. The van der Waals surface area contributed by atoms with E-state index in [2.05, 4.69) is 10.6 Å². The van der Waals surface area contributed by atoms with Crippen molar-refractivity contribution in [2.75, 3.05) is 13.2 Å². The third-order valence-corrected chi connectivity index (χ3v) is 5.37. The third-order valence-electron chi connectivity index (χ3n) is 5.37. The predicted octanol–water partition coefficient (Wildman–Crippen LogP) is 0.185. The van der Waals surface area contributed by atoms with Crippen molar-refractivity contribution in [2.24, 2.45) is 11.7 Å². The molecule has 0 aromatic heterocycles. The summed E-state index contributed by atoms with van der Waals surface area (Å²) in [6.45, 7) is 5.51. The summed E-state index contributed by atoms with van der Waals surface area (Å²) < 4.78 is 0. The zero-order chi connectivity index (χ0) is 22.3. The molecule has 0 bridgehead atoms. The number of likely N-dealkylation sites (tertiary alicyclic amines) is 1. The minimum absolute atomic E-state index is 0.146. The largest absolute Gasteiger partial charge is 0.394 e. The Bertz CT molecular complexity index is 723. The molecular weight excluding hydrogens is 384 g/mol. The first-order chi connectivity index (χ1) is 14.2. The first kappa shape index (κ1) is 23.8. The SMILES string of the molecule is CC(C)[C@H](NC(=O)[C@H](C)N)C(=O)N1CCC[C@H]1C(=O)N[C@@H](CO)Cc1ccccc1. The number of nitrogens with two attached hydrogens (primary N) is 1. The summed E-state index contributed by atoms with van der Waals surface area (Å²) in [4.78, 5) is 39.6. The third kappa shape index (κ3) is 6.27. The molecule has 1 aliphatic heterocycles. The Kier molecular flexibility index (Phi) is 8.80. The molecule has 1 heterocycles. The maximum absolute atomic E-state index is 13.1. The molecule has 0 unspecified atom stereocenters. The van der Waals surface area contributed by atoms with Crippen LogP contribution in [0, 0.1) is 5.92 Å². The molecule has 3 amide bonds. The number of carbonyl (C=O) groups excluding carboxylic acids is 3. The molecule has 166 valence electrons. The Morgan fingerprint density at radius 1 is 1.17 bits per heavy atom. The van der Waals surface area contributed by atoms with Crippen LogP contribution in [0.1, 0.15) is 39.2 Å². The van der Waals surface area contributed by atoms with Crippen molar-refractivity contribution in [2.45, 2.75) is 64.2 Å². The molecule has 4 atom stereocenters. The first-order valence-corrected chi connectivity index (χ1v) is 10.6. The molecule has 0 saturated carbocycles. The lowest BCUT2D eigenvalue weighted by Crippen LogP contribution is -2.57. The van der Waals surface area contributed by atoms with Crippen LogP contribution in [0.2, 0.25) is 0 Å². The van der Waals surface area contributed by atoms with Crippen LogP contribution in [-0.2, 0) is 20.8 Å². The molecule has 2 rings (SSSR count). The van der Waals surface area contributed by atoms with Crippen LogP contribution in [0.15, 0.2) is 30.3 Å². The van der Waals surface area contributed by atoms with Gasteiger partial charge in [0.15, 0.2) is 0 Å². The number of aliphatic hydroxyl groups excluding tert-OH is 1. The van der Waals surface area contributed by atoms with Crippen LogP contribution in [0.25, 0.3) is 0 Å². The Morgan fingerprint density at radius 3 is 2.40 bits per heavy atom. The average Bonchev–Trinajstić information content (AvgIpc) is 3.21. The van der Waals surface area contributed by atoms with Gasteiger partial charge in [-0.1, -0.05) is 44.2 Å². The Balaban J connectivity index is 2.05. The topological polar surface area (TPSA) is 125 Å². The molecule has 5 N–H and O–H groups in total. The number of benzene rings is 1. The van der Waals surface area contributed by atoms with E-state index in [1.165, 1.54) is 0 Å². The van der Waals surface area contributed by atoms with E-state index in [-0.39, 0.29) is 24.3 Å². The van der Waals surface area contributed by atoms with Crippen LogP contribution >= 0.6 is 0 Å². The van der Waals surface area contributed by atoms with Gasteiger partial charge in [-0.3, -0.25) is 14.4 Å². The molecule has 1 aromatic carbocycles. The van der Waals surface area contributed by atoms with Gasteiger partial charge in [0, 0.05) is 6.54 Å². The molecule has 1 fully saturated rings. The number of hydrogen-bond acceptors (Lipinski definition) is 5. The Labute approximate surface area is 178 Å². The van der Waals surface area contributed by atoms with Crippen molar-refractivity contribution >= 4 is 17.7 Å². The fraction of sp³-hybridized carbons (Fsp3) is 0.591. The second-order valence-corrected chi connectivity index (χ2v) is 8.29. The monoisotopic (exact) mass is 418 g/mol. The molecular formula is C22H34N4O4. The number of hydrogen-bond donors (Lipinski definition) is 4. The standard InChI is InChI=1S/C22H34N4O4/c1-14(2)19(25-20(28)15(3)23)22(30)26-11-7-10-18(26)21(29)24-17(13-27)12-16-8-5-4-6-9-16/h4-6,8-9,14-15,17-19,27H,7,10-13,23H2,1-3H3,(H,24,29)(H,25,28)/t15-,17+,18-,19-/m0/s1. The summed E-state index contributed by atoms with van der Waals surface area (Å²) >= 11 is 0. The van der Waals surface area contributed by atoms with Crippen molar-refractivity contribution in [3.63, 3.8) is 0 Å². The lowest BCUT2D eigenvalue weighted by atomic mass is 10.0. The highest BCUT2D eigenvalue weighted by atomic mass is 16.3. The van der Waals surface area contributed by atoms with Crippen LogP contribution in [0.4, 0.5) is 0 Å². The van der Waals surface area contributed by atoms with Crippen LogP contribution in [0.3, 0.4) is 0 Å². The highest BCUT2D eigenvalue weighted by Crippen LogP contribution is 2.21. The summed E-state index contributed by atoms with van der Waals surface area (Å²) in [7, 11) is 0. The molecule has 8 nitrogen and oxygen atoms in total. The van der Waals surface area contributed by atoms with E-state index >= 15 is 0 Å². The van der Waals surface area contributed by atoms with Gasteiger partial charge in [-0.15, -0.1) is 0 Å². The first-order valence-electron chi connectivity index (χ1n) is 10.6. The van der Waals surface area contributed by atoms with E-state index in [1.807, 2.05) is 44.2 Å². The van der Waals surface area contributed by atoms with Crippen molar-refractivity contribution < 1.29 is 19.5 Å². The fourth-order valence-electron chi connectivity index (χ4n) is 3.64. The summed E-state index contributed by atoms with van der Waals surface area (Å²) in [5, 5.41) is 15.3. The molecule has 0 radical (unpaired) electrons. The van der Waals surface area contributed by atoms with Gasteiger partial charge in [0.1, 0.15) is 12.1 Å². The Morgan fingerprint density at radius 2 is 1.83 bits per heavy atom. The van der Waals surface area contributed by atoms with Crippen molar-refractivity contribution in [1.29, 1.82) is 0 Å². The van der Waals surface area contributed by atoms with E-state index in [0.717, 1.165) is 5.56 Å². The molecule has 8 heteroatoms. The number of nitrogens with one attached hydrogen (secondary N) is 2. The van der Waals surface area contributed by atoms with Gasteiger partial charge in [0.05, 0.1) is 18.7 Å². The van der Waals surface area contributed by atoms with Crippen molar-refractivity contribution in [3.05, 3.63) is 35.9 Å². The maximum atomic E-state index is 13.1. The van der Waals surface area contributed by atoms with Crippen LogP contribution in [0.5, 0.6) is 0 Å².